The van der Waals surface area contributed by atoms with E-state index in [-0.39, 0.29) is 16.1 Å². The van der Waals surface area contributed by atoms with E-state index in [0.717, 1.165) is 6.07 Å². The largest absolute Gasteiger partial charge is 0.324 e. The van der Waals surface area contributed by atoms with Crippen molar-refractivity contribution in [3.8, 4) is 0 Å². The monoisotopic (exact) mass is 277 g/mol. The number of carbonyl (C=O) groups excluding carboxylic acids is 1. The average molecular weight is 278 g/mol. The second kappa shape index (κ2) is 3.43. The summed E-state index contributed by atoms with van der Waals surface area (Å²) in [5, 5.41) is 2.47. The van der Waals surface area contributed by atoms with Crippen LogP contribution in [0.15, 0.2) is 21.5 Å². The van der Waals surface area contributed by atoms with Crippen LogP contribution in [0.5, 0.6) is 0 Å². The standard InChI is InChI=1S/C8H5BrFNO2S/c9-4-1-7-6(2-5(4)10)11-8(12)3-14(7)13/h1-2H,3H2,(H,11,12). The van der Waals surface area contributed by atoms with Gasteiger partial charge >= 0.3 is 0 Å². The van der Waals surface area contributed by atoms with Crippen LogP contribution >= 0.6 is 15.9 Å². The first kappa shape index (κ1) is 9.79. The molecule has 0 spiro atoms. The summed E-state index contributed by atoms with van der Waals surface area (Å²) in [4.78, 5) is 11.5. The summed E-state index contributed by atoms with van der Waals surface area (Å²) < 4.78 is 24.8. The van der Waals surface area contributed by atoms with E-state index in [1.165, 1.54) is 6.07 Å². The second-order valence-electron chi connectivity index (χ2n) is 2.80. The smallest absolute Gasteiger partial charge is 0.237 e. The van der Waals surface area contributed by atoms with Crippen molar-refractivity contribution in [2.75, 3.05) is 11.1 Å². The number of rotatable bonds is 0. The lowest BCUT2D eigenvalue weighted by Gasteiger charge is -2.16. The van der Waals surface area contributed by atoms with Gasteiger partial charge in [-0.3, -0.25) is 9.00 Å². The maximum absolute atomic E-state index is 13.1. The van der Waals surface area contributed by atoms with E-state index < -0.39 is 16.6 Å². The van der Waals surface area contributed by atoms with Gasteiger partial charge in [0, 0.05) is 0 Å². The number of carbonyl (C=O) groups is 1. The molecule has 0 aromatic heterocycles. The fraction of sp³-hybridized carbons (Fsp3) is 0.125. The van der Waals surface area contributed by atoms with Crippen LogP contribution in [0.4, 0.5) is 10.1 Å². The van der Waals surface area contributed by atoms with Crippen LogP contribution in [0.3, 0.4) is 0 Å². The molecule has 1 N–H and O–H groups in total. The van der Waals surface area contributed by atoms with Gasteiger partial charge in [0.25, 0.3) is 0 Å². The topological polar surface area (TPSA) is 46.2 Å². The molecule has 1 atom stereocenters. The minimum Gasteiger partial charge on any atom is -0.324 e. The number of anilines is 1. The SMILES string of the molecule is O=C1CS(=O)c2cc(Br)c(F)cc2N1. The number of fused-ring (bicyclic) bond motifs is 1. The molecule has 0 saturated heterocycles. The molecule has 6 heteroatoms. The van der Waals surface area contributed by atoms with Gasteiger partial charge in [0.2, 0.25) is 5.91 Å². The zero-order valence-electron chi connectivity index (χ0n) is 6.84. The summed E-state index contributed by atoms with van der Waals surface area (Å²) >= 11 is 2.99. The molecule has 1 heterocycles. The van der Waals surface area contributed by atoms with Crippen LogP contribution in [-0.4, -0.2) is 15.9 Å². The van der Waals surface area contributed by atoms with E-state index >= 15 is 0 Å². The maximum atomic E-state index is 13.1. The summed E-state index contributed by atoms with van der Waals surface area (Å²) in [6, 6.07) is 2.59. The minimum atomic E-state index is -1.37. The molecular formula is C8H5BrFNO2S. The molecule has 74 valence electrons. The van der Waals surface area contributed by atoms with Crippen molar-refractivity contribution in [3.63, 3.8) is 0 Å². The highest BCUT2D eigenvalue weighted by atomic mass is 79.9. The molecule has 1 unspecified atom stereocenters. The molecule has 0 saturated carbocycles. The molecule has 1 aliphatic heterocycles. The lowest BCUT2D eigenvalue weighted by Crippen LogP contribution is -2.25. The van der Waals surface area contributed by atoms with Crippen molar-refractivity contribution in [2.45, 2.75) is 4.90 Å². The van der Waals surface area contributed by atoms with Gasteiger partial charge in [-0.25, -0.2) is 4.39 Å². The fourth-order valence-electron chi connectivity index (χ4n) is 1.20. The number of hydrogen-bond donors (Lipinski definition) is 1. The third-order valence-electron chi connectivity index (χ3n) is 1.80. The zero-order valence-corrected chi connectivity index (χ0v) is 9.24. The summed E-state index contributed by atoms with van der Waals surface area (Å²) in [7, 11) is -1.37. The zero-order chi connectivity index (χ0) is 10.3. The van der Waals surface area contributed by atoms with Crippen molar-refractivity contribution < 1.29 is 13.4 Å². The minimum absolute atomic E-state index is 0.0644. The number of hydrogen-bond acceptors (Lipinski definition) is 2. The van der Waals surface area contributed by atoms with Gasteiger partial charge < -0.3 is 5.32 Å². The second-order valence-corrected chi connectivity index (χ2v) is 5.07. The van der Waals surface area contributed by atoms with Crippen molar-refractivity contribution >= 4 is 38.3 Å². The van der Waals surface area contributed by atoms with Crippen molar-refractivity contribution in [1.29, 1.82) is 0 Å². The third kappa shape index (κ3) is 1.59. The molecule has 1 aromatic carbocycles. The van der Waals surface area contributed by atoms with E-state index in [2.05, 4.69) is 21.2 Å². The van der Waals surface area contributed by atoms with Crippen LogP contribution in [-0.2, 0) is 15.6 Å². The van der Waals surface area contributed by atoms with Crippen LogP contribution in [0.2, 0.25) is 0 Å². The van der Waals surface area contributed by atoms with E-state index in [0.29, 0.717) is 10.6 Å². The van der Waals surface area contributed by atoms with Crippen molar-refractivity contribution in [2.24, 2.45) is 0 Å². The van der Waals surface area contributed by atoms with Crippen LogP contribution < -0.4 is 5.32 Å². The predicted molar refractivity (Wildman–Crippen MR) is 54.0 cm³/mol. The molecule has 0 aliphatic carbocycles. The lowest BCUT2D eigenvalue weighted by molar-refractivity contribution is -0.113. The Bertz CT molecular complexity index is 449. The number of benzene rings is 1. The Morgan fingerprint density at radius 2 is 2.21 bits per heavy atom. The van der Waals surface area contributed by atoms with E-state index in [4.69, 9.17) is 0 Å². The number of nitrogens with one attached hydrogen (secondary N) is 1. The van der Waals surface area contributed by atoms with Crippen LogP contribution in [0, 0.1) is 5.82 Å². The van der Waals surface area contributed by atoms with Gasteiger partial charge in [-0.1, -0.05) is 0 Å². The van der Waals surface area contributed by atoms with Gasteiger partial charge in [0.15, 0.2) is 0 Å². The van der Waals surface area contributed by atoms with E-state index in [1.54, 1.807) is 0 Å². The molecule has 2 rings (SSSR count). The molecule has 3 nitrogen and oxygen atoms in total. The van der Waals surface area contributed by atoms with Crippen molar-refractivity contribution in [3.05, 3.63) is 22.4 Å². The number of amides is 1. The Hall–Kier alpha value is -0.750. The molecule has 0 bridgehead atoms. The predicted octanol–water partition coefficient (Wildman–Crippen LogP) is 1.65. The Kier molecular flexibility index (Phi) is 2.40. The van der Waals surface area contributed by atoms with Gasteiger partial charge in [-0.15, -0.1) is 0 Å². The Labute approximate surface area is 90.3 Å². The highest BCUT2D eigenvalue weighted by Crippen LogP contribution is 2.29. The summed E-state index contributed by atoms with van der Waals surface area (Å²) in [5.41, 5.74) is 0.292. The summed E-state index contributed by atoms with van der Waals surface area (Å²) in [5.74, 6) is -0.897. The highest BCUT2D eigenvalue weighted by Gasteiger charge is 2.22. The average Bonchev–Trinajstić information content (AvgIpc) is 2.08. The first-order valence-electron chi connectivity index (χ1n) is 3.75. The molecule has 1 amide bonds. The third-order valence-corrected chi connectivity index (χ3v) is 3.76. The molecule has 1 aromatic rings. The number of halogens is 2. The first-order valence-corrected chi connectivity index (χ1v) is 5.86. The molecular weight excluding hydrogens is 273 g/mol. The van der Waals surface area contributed by atoms with Gasteiger partial charge in [0.05, 0.1) is 25.9 Å². The molecule has 1 aliphatic rings. The molecule has 0 fully saturated rings. The lowest BCUT2D eigenvalue weighted by atomic mass is 10.3. The van der Waals surface area contributed by atoms with Crippen LogP contribution in [0.25, 0.3) is 0 Å². The Morgan fingerprint density at radius 1 is 1.50 bits per heavy atom. The Morgan fingerprint density at radius 3 is 2.93 bits per heavy atom. The normalized spacial score (nSPS) is 20.1. The molecule has 0 radical (unpaired) electrons. The van der Waals surface area contributed by atoms with Crippen LogP contribution in [0.1, 0.15) is 0 Å². The molecule has 14 heavy (non-hydrogen) atoms. The van der Waals surface area contributed by atoms with E-state index in [1.807, 2.05) is 0 Å². The quantitative estimate of drug-likeness (QED) is 0.784. The fourth-order valence-corrected chi connectivity index (χ4v) is 2.76. The van der Waals surface area contributed by atoms with E-state index in [9.17, 15) is 13.4 Å². The van der Waals surface area contributed by atoms with Gasteiger partial charge in [-0.05, 0) is 28.1 Å². The Balaban J connectivity index is 2.60. The van der Waals surface area contributed by atoms with Gasteiger partial charge in [-0.2, -0.15) is 0 Å². The summed E-state index contributed by atoms with van der Waals surface area (Å²) in [6.45, 7) is 0. The van der Waals surface area contributed by atoms with Gasteiger partial charge in [0.1, 0.15) is 11.6 Å². The first-order chi connectivity index (χ1) is 6.58. The van der Waals surface area contributed by atoms with Crippen molar-refractivity contribution in [1.82, 2.24) is 0 Å². The summed E-state index contributed by atoms with van der Waals surface area (Å²) in [6.07, 6.45) is 0. The highest BCUT2D eigenvalue weighted by molar-refractivity contribution is 9.10. The maximum Gasteiger partial charge on any atom is 0.237 e.